The number of nitrogens with one attached hydrogen (secondary N) is 1. The Kier molecular flexibility index (Phi) is 6.03. The maximum absolute atomic E-state index is 11.9. The third-order valence-electron chi connectivity index (χ3n) is 3.55. The second kappa shape index (κ2) is 7.29. The Morgan fingerprint density at radius 3 is 2.16 bits per heavy atom. The van der Waals surface area contributed by atoms with Gasteiger partial charge in [-0.25, -0.2) is 0 Å². The predicted molar refractivity (Wildman–Crippen MR) is 79.8 cm³/mol. The molecule has 0 saturated carbocycles. The second-order valence-electron chi connectivity index (χ2n) is 5.78. The van der Waals surface area contributed by atoms with E-state index in [0.29, 0.717) is 18.4 Å². The molecule has 1 amide bonds. The molecule has 0 heterocycles. The molecule has 0 fully saturated rings. The fourth-order valence-corrected chi connectivity index (χ4v) is 2.07. The van der Waals surface area contributed by atoms with Gasteiger partial charge in [-0.3, -0.25) is 4.79 Å². The van der Waals surface area contributed by atoms with Crippen LogP contribution < -0.4 is 11.1 Å². The molecule has 3 N–H and O–H groups in total. The Hall–Kier alpha value is -1.35. The molecule has 106 valence electrons. The van der Waals surface area contributed by atoms with Gasteiger partial charge in [0.25, 0.3) is 0 Å². The van der Waals surface area contributed by atoms with Gasteiger partial charge in [0, 0.05) is 12.5 Å². The minimum atomic E-state index is -0.427. The maximum Gasteiger partial charge on any atom is 0.237 e. The minimum Gasteiger partial charge on any atom is -0.354 e. The lowest BCUT2D eigenvalue weighted by Gasteiger charge is -2.23. The van der Waals surface area contributed by atoms with Crippen LogP contribution in [0.15, 0.2) is 30.3 Å². The molecule has 1 rings (SSSR count). The zero-order chi connectivity index (χ0) is 14.4. The van der Waals surface area contributed by atoms with Gasteiger partial charge in [-0.2, -0.15) is 0 Å². The van der Waals surface area contributed by atoms with Crippen molar-refractivity contribution in [1.29, 1.82) is 0 Å². The van der Waals surface area contributed by atoms with Crippen molar-refractivity contribution in [2.75, 3.05) is 6.54 Å². The molecule has 0 radical (unpaired) electrons. The van der Waals surface area contributed by atoms with Crippen LogP contribution in [-0.4, -0.2) is 18.5 Å². The Morgan fingerprint density at radius 1 is 1.11 bits per heavy atom. The van der Waals surface area contributed by atoms with Crippen LogP contribution >= 0.6 is 0 Å². The first-order valence-electron chi connectivity index (χ1n) is 7.01. The molecular formula is C16H26N2O. The van der Waals surface area contributed by atoms with Crippen molar-refractivity contribution in [3.05, 3.63) is 35.9 Å². The molecule has 0 aliphatic heterocycles. The topological polar surface area (TPSA) is 55.1 Å². The first-order chi connectivity index (χ1) is 8.93. The average molecular weight is 262 g/mol. The summed E-state index contributed by atoms with van der Waals surface area (Å²) in [4.78, 5) is 11.9. The van der Waals surface area contributed by atoms with Crippen LogP contribution in [0.4, 0.5) is 0 Å². The van der Waals surface area contributed by atoms with Crippen molar-refractivity contribution < 1.29 is 4.79 Å². The van der Waals surface area contributed by atoms with Crippen LogP contribution in [0.1, 0.15) is 39.2 Å². The molecule has 19 heavy (non-hydrogen) atoms. The fourth-order valence-electron chi connectivity index (χ4n) is 2.07. The van der Waals surface area contributed by atoms with Crippen LogP contribution in [0.3, 0.4) is 0 Å². The first-order valence-corrected chi connectivity index (χ1v) is 7.01. The molecular weight excluding hydrogens is 236 g/mol. The summed E-state index contributed by atoms with van der Waals surface area (Å²) in [5, 5.41) is 2.98. The number of carbonyl (C=O) groups excluding carboxylic acids is 1. The number of rotatable bonds is 6. The van der Waals surface area contributed by atoms with E-state index in [1.165, 1.54) is 5.56 Å². The zero-order valence-electron chi connectivity index (χ0n) is 12.4. The summed E-state index contributed by atoms with van der Waals surface area (Å²) in [6, 6.07) is 9.87. The van der Waals surface area contributed by atoms with Crippen LogP contribution in [0, 0.1) is 11.8 Å². The average Bonchev–Trinajstić information content (AvgIpc) is 2.38. The van der Waals surface area contributed by atoms with Gasteiger partial charge in [0.1, 0.15) is 0 Å². The van der Waals surface area contributed by atoms with E-state index >= 15 is 0 Å². The molecule has 0 spiro atoms. The van der Waals surface area contributed by atoms with Gasteiger partial charge in [-0.05, 0) is 17.4 Å². The lowest BCUT2D eigenvalue weighted by Crippen LogP contribution is -2.45. The molecule has 1 unspecified atom stereocenters. The highest BCUT2D eigenvalue weighted by atomic mass is 16.2. The molecule has 0 aliphatic rings. The Bertz CT molecular complexity index is 387. The molecule has 0 aliphatic carbocycles. The fraction of sp³-hybridized carbons (Fsp3) is 0.562. The van der Waals surface area contributed by atoms with Crippen molar-refractivity contribution in [3.63, 3.8) is 0 Å². The lowest BCUT2D eigenvalue weighted by molar-refractivity contribution is -0.123. The first kappa shape index (κ1) is 15.7. The molecule has 1 aromatic carbocycles. The Labute approximate surface area is 116 Å². The van der Waals surface area contributed by atoms with Gasteiger partial charge in [0.05, 0.1) is 6.04 Å². The van der Waals surface area contributed by atoms with E-state index in [9.17, 15) is 4.79 Å². The molecule has 0 aromatic heterocycles. The van der Waals surface area contributed by atoms with E-state index in [2.05, 4.69) is 31.3 Å². The van der Waals surface area contributed by atoms with E-state index in [1.807, 2.05) is 32.0 Å². The Morgan fingerprint density at radius 2 is 1.68 bits per heavy atom. The number of hydrogen-bond acceptors (Lipinski definition) is 2. The summed E-state index contributed by atoms with van der Waals surface area (Å²) in [5.74, 6) is 0.897. The minimum absolute atomic E-state index is 0.0587. The summed E-state index contributed by atoms with van der Waals surface area (Å²) in [5.41, 5.74) is 7.11. The molecule has 0 bridgehead atoms. The van der Waals surface area contributed by atoms with Crippen molar-refractivity contribution in [3.8, 4) is 0 Å². The van der Waals surface area contributed by atoms with Crippen LogP contribution in [0.2, 0.25) is 0 Å². The summed E-state index contributed by atoms with van der Waals surface area (Å²) in [6.07, 6.45) is 0. The van der Waals surface area contributed by atoms with Crippen molar-refractivity contribution in [2.45, 2.75) is 39.7 Å². The van der Waals surface area contributed by atoms with Crippen LogP contribution in [0.25, 0.3) is 0 Å². The molecule has 2 atom stereocenters. The van der Waals surface area contributed by atoms with Crippen LogP contribution in [0.5, 0.6) is 0 Å². The van der Waals surface area contributed by atoms with E-state index < -0.39 is 6.04 Å². The second-order valence-corrected chi connectivity index (χ2v) is 5.78. The third kappa shape index (κ3) is 4.67. The van der Waals surface area contributed by atoms with Crippen molar-refractivity contribution in [2.24, 2.45) is 17.6 Å². The third-order valence-corrected chi connectivity index (χ3v) is 3.55. The summed E-state index contributed by atoms with van der Waals surface area (Å²) >= 11 is 0. The zero-order valence-corrected chi connectivity index (χ0v) is 12.4. The summed E-state index contributed by atoms with van der Waals surface area (Å²) in [7, 11) is 0. The smallest absolute Gasteiger partial charge is 0.237 e. The predicted octanol–water partition coefficient (Wildman–Crippen LogP) is 2.53. The van der Waals surface area contributed by atoms with Gasteiger partial charge in [-0.1, -0.05) is 58.0 Å². The monoisotopic (exact) mass is 262 g/mol. The number of nitrogens with two attached hydrogens (primary N) is 1. The van der Waals surface area contributed by atoms with E-state index in [4.69, 9.17) is 5.73 Å². The van der Waals surface area contributed by atoms with Gasteiger partial charge in [0.2, 0.25) is 5.91 Å². The molecule has 0 saturated heterocycles. The number of carbonyl (C=O) groups is 1. The lowest BCUT2D eigenvalue weighted by atomic mass is 9.88. The van der Waals surface area contributed by atoms with Gasteiger partial charge in [-0.15, -0.1) is 0 Å². The summed E-state index contributed by atoms with van der Waals surface area (Å²) in [6.45, 7) is 8.90. The van der Waals surface area contributed by atoms with Gasteiger partial charge < -0.3 is 11.1 Å². The van der Waals surface area contributed by atoms with Gasteiger partial charge >= 0.3 is 0 Å². The number of amides is 1. The normalized spacial score (nSPS) is 14.5. The van der Waals surface area contributed by atoms with Crippen molar-refractivity contribution in [1.82, 2.24) is 5.32 Å². The SMILES string of the molecule is CC(C)C(CNC(=O)[C@@H](N)C(C)C)c1ccccc1. The van der Waals surface area contributed by atoms with Gasteiger partial charge in [0.15, 0.2) is 0 Å². The molecule has 3 nitrogen and oxygen atoms in total. The molecule has 1 aromatic rings. The highest BCUT2D eigenvalue weighted by Gasteiger charge is 2.20. The van der Waals surface area contributed by atoms with Crippen molar-refractivity contribution >= 4 is 5.91 Å². The maximum atomic E-state index is 11.9. The largest absolute Gasteiger partial charge is 0.354 e. The Balaban J connectivity index is 2.64. The number of benzene rings is 1. The molecule has 3 heteroatoms. The highest BCUT2D eigenvalue weighted by Crippen LogP contribution is 2.23. The van der Waals surface area contributed by atoms with Crippen LogP contribution in [-0.2, 0) is 4.79 Å². The highest BCUT2D eigenvalue weighted by molar-refractivity contribution is 5.81. The number of hydrogen-bond donors (Lipinski definition) is 2. The standard InChI is InChI=1S/C16H26N2O/c1-11(2)14(13-8-6-5-7-9-13)10-18-16(19)15(17)12(3)4/h5-9,11-12,14-15H,10,17H2,1-4H3,(H,18,19)/t14?,15-/m0/s1. The van der Waals surface area contributed by atoms with E-state index in [-0.39, 0.29) is 11.8 Å². The van der Waals surface area contributed by atoms with E-state index in [1.54, 1.807) is 0 Å². The summed E-state index contributed by atoms with van der Waals surface area (Å²) < 4.78 is 0. The van der Waals surface area contributed by atoms with E-state index in [0.717, 1.165) is 0 Å². The quantitative estimate of drug-likeness (QED) is 0.827.